The third kappa shape index (κ3) is 3.69. The van der Waals surface area contributed by atoms with Crippen molar-refractivity contribution >= 4 is 28.3 Å². The zero-order valence-corrected chi connectivity index (χ0v) is 20.8. The highest BCUT2D eigenvalue weighted by Crippen LogP contribution is 2.38. The van der Waals surface area contributed by atoms with Crippen molar-refractivity contribution in [3.05, 3.63) is 72.6 Å². The molecule has 1 saturated heterocycles. The van der Waals surface area contributed by atoms with Crippen LogP contribution in [-0.4, -0.2) is 62.0 Å². The summed E-state index contributed by atoms with van der Waals surface area (Å²) in [6.45, 7) is 9.23. The number of anilines is 1. The lowest BCUT2D eigenvalue weighted by Gasteiger charge is -2.36. The molecule has 0 spiro atoms. The van der Waals surface area contributed by atoms with E-state index in [9.17, 15) is 0 Å². The molecule has 1 aliphatic rings. The molecule has 0 radical (unpaired) electrons. The van der Waals surface area contributed by atoms with Crippen molar-refractivity contribution in [3.8, 4) is 22.4 Å². The molecular weight excluding hydrogens is 448 g/mol. The van der Waals surface area contributed by atoms with Gasteiger partial charge in [-0.25, -0.2) is 19.8 Å². The maximum Gasteiger partial charge on any atom is 0.211 e. The van der Waals surface area contributed by atoms with E-state index < -0.39 is 0 Å². The standard InChI is InChI=1S/C28H28N8/c1-29-22-7-5-19(6-8-22)25-24(21-17-20-9-13-34(4)26(20)31-18-21)27-30-12-16-36(27)28(32-25)35-14-10-23(11-15-35)33(2)3/h5-9,12-13,16-18,23H,10-11,14-15H2,2-4H3. The average Bonchev–Trinajstić information content (AvgIpc) is 3.54. The van der Waals surface area contributed by atoms with Crippen LogP contribution in [0.3, 0.4) is 0 Å². The number of rotatable bonds is 4. The van der Waals surface area contributed by atoms with Gasteiger partial charge >= 0.3 is 0 Å². The maximum absolute atomic E-state index is 7.35. The lowest BCUT2D eigenvalue weighted by Crippen LogP contribution is -2.43. The van der Waals surface area contributed by atoms with Crippen molar-refractivity contribution < 1.29 is 0 Å². The second-order valence-corrected chi connectivity index (χ2v) is 9.66. The smallest absolute Gasteiger partial charge is 0.211 e. The van der Waals surface area contributed by atoms with E-state index >= 15 is 0 Å². The van der Waals surface area contributed by atoms with Crippen LogP contribution in [0.1, 0.15) is 12.8 Å². The lowest BCUT2D eigenvalue weighted by atomic mass is 10.00. The topological polar surface area (TPSA) is 58.9 Å². The lowest BCUT2D eigenvalue weighted by molar-refractivity contribution is 0.249. The van der Waals surface area contributed by atoms with Crippen LogP contribution in [0.4, 0.5) is 11.6 Å². The molecule has 1 aromatic carbocycles. The van der Waals surface area contributed by atoms with Gasteiger partial charge in [-0.15, -0.1) is 0 Å². The Balaban J connectivity index is 1.55. The van der Waals surface area contributed by atoms with Crippen molar-refractivity contribution in [2.24, 2.45) is 7.05 Å². The van der Waals surface area contributed by atoms with Crippen LogP contribution in [-0.2, 0) is 7.05 Å². The van der Waals surface area contributed by atoms with Crippen molar-refractivity contribution in [1.82, 2.24) is 28.8 Å². The number of benzene rings is 1. The molecule has 0 amide bonds. The minimum absolute atomic E-state index is 0.586. The Kier molecular flexibility index (Phi) is 5.42. The van der Waals surface area contributed by atoms with Gasteiger partial charge < -0.3 is 14.4 Å². The van der Waals surface area contributed by atoms with E-state index in [4.69, 9.17) is 21.5 Å². The van der Waals surface area contributed by atoms with Crippen LogP contribution in [0, 0.1) is 6.57 Å². The van der Waals surface area contributed by atoms with Gasteiger partial charge in [-0.1, -0.05) is 24.3 Å². The predicted octanol–water partition coefficient (Wildman–Crippen LogP) is 5.03. The van der Waals surface area contributed by atoms with Gasteiger partial charge in [0.25, 0.3) is 0 Å². The van der Waals surface area contributed by atoms with E-state index in [1.54, 1.807) is 0 Å². The molecule has 5 aromatic rings. The molecule has 0 N–H and O–H groups in total. The van der Waals surface area contributed by atoms with Gasteiger partial charge in [-0.3, -0.25) is 4.40 Å². The van der Waals surface area contributed by atoms with E-state index in [-0.39, 0.29) is 0 Å². The van der Waals surface area contributed by atoms with Crippen LogP contribution in [0.15, 0.2) is 61.2 Å². The van der Waals surface area contributed by atoms with Gasteiger partial charge in [0.1, 0.15) is 11.3 Å². The third-order valence-corrected chi connectivity index (χ3v) is 7.27. The Morgan fingerprint density at radius 3 is 2.47 bits per heavy atom. The monoisotopic (exact) mass is 476 g/mol. The summed E-state index contributed by atoms with van der Waals surface area (Å²) < 4.78 is 4.13. The number of hydrogen-bond donors (Lipinski definition) is 0. The quantitative estimate of drug-likeness (QED) is 0.341. The second kappa shape index (κ2) is 8.77. The Morgan fingerprint density at radius 2 is 1.75 bits per heavy atom. The maximum atomic E-state index is 7.35. The summed E-state index contributed by atoms with van der Waals surface area (Å²) in [7, 11) is 6.32. The summed E-state index contributed by atoms with van der Waals surface area (Å²) in [4.78, 5) is 23.1. The summed E-state index contributed by atoms with van der Waals surface area (Å²) in [5.41, 5.74) is 6.14. The molecule has 8 heteroatoms. The number of imidazole rings is 1. The summed E-state index contributed by atoms with van der Waals surface area (Å²) >= 11 is 0. The van der Waals surface area contributed by atoms with Crippen molar-refractivity contribution in [1.29, 1.82) is 0 Å². The molecule has 6 rings (SSSR count). The van der Waals surface area contributed by atoms with Gasteiger partial charge in [-0.2, -0.15) is 0 Å². The highest BCUT2D eigenvalue weighted by atomic mass is 15.3. The molecule has 1 fully saturated rings. The average molecular weight is 477 g/mol. The molecule has 0 bridgehead atoms. The number of hydrogen-bond acceptors (Lipinski definition) is 5. The number of aromatic nitrogens is 5. The Bertz CT molecular complexity index is 1590. The van der Waals surface area contributed by atoms with Gasteiger partial charge in [0.05, 0.1) is 17.8 Å². The zero-order valence-electron chi connectivity index (χ0n) is 20.8. The molecule has 36 heavy (non-hydrogen) atoms. The number of nitrogens with zero attached hydrogens (tertiary/aromatic N) is 8. The largest absolute Gasteiger partial charge is 0.342 e. The number of fused-ring (bicyclic) bond motifs is 2. The van der Waals surface area contributed by atoms with Crippen LogP contribution >= 0.6 is 0 Å². The SMILES string of the molecule is [C-]#[N+]c1ccc(-c2nc(N3CCC(N(C)C)CC3)n3ccnc3c2-c2cnc3c(ccn3C)c2)cc1. The van der Waals surface area contributed by atoms with Gasteiger partial charge in [0.2, 0.25) is 5.95 Å². The Hall–Kier alpha value is -4.22. The third-order valence-electron chi connectivity index (χ3n) is 7.27. The van der Waals surface area contributed by atoms with Gasteiger partial charge in [0, 0.05) is 61.9 Å². The van der Waals surface area contributed by atoms with Crippen molar-refractivity contribution in [3.63, 3.8) is 0 Å². The number of piperidine rings is 1. The summed E-state index contributed by atoms with van der Waals surface area (Å²) in [6.07, 6.45) is 9.96. The summed E-state index contributed by atoms with van der Waals surface area (Å²) in [5, 5.41) is 1.07. The first-order valence-electron chi connectivity index (χ1n) is 12.2. The molecule has 180 valence electrons. The van der Waals surface area contributed by atoms with Gasteiger partial charge in [-0.05, 0) is 44.6 Å². The fourth-order valence-electron chi connectivity index (χ4n) is 5.23. The zero-order chi connectivity index (χ0) is 24.8. The first-order chi connectivity index (χ1) is 17.5. The Labute approximate surface area is 210 Å². The molecule has 1 aliphatic heterocycles. The minimum atomic E-state index is 0.586. The van der Waals surface area contributed by atoms with Crippen LogP contribution in [0.25, 0.3) is 43.9 Å². The van der Waals surface area contributed by atoms with Crippen LogP contribution < -0.4 is 4.90 Å². The summed E-state index contributed by atoms with van der Waals surface area (Å²) in [5.74, 6) is 0.904. The molecular formula is C28H28N8. The van der Waals surface area contributed by atoms with Crippen molar-refractivity contribution in [2.45, 2.75) is 18.9 Å². The fraction of sp³-hybridized carbons (Fsp3) is 0.286. The van der Waals surface area contributed by atoms with E-state index in [1.807, 2.05) is 60.7 Å². The van der Waals surface area contributed by atoms with E-state index in [2.05, 4.69) is 45.3 Å². The fourth-order valence-corrected chi connectivity index (χ4v) is 5.23. The molecule has 0 aliphatic carbocycles. The van der Waals surface area contributed by atoms with Crippen LogP contribution in [0.5, 0.6) is 0 Å². The first kappa shape index (κ1) is 22.3. The van der Waals surface area contributed by atoms with Crippen LogP contribution in [0.2, 0.25) is 0 Å². The highest BCUT2D eigenvalue weighted by Gasteiger charge is 2.26. The van der Waals surface area contributed by atoms with E-state index in [1.165, 1.54) is 0 Å². The predicted molar refractivity (Wildman–Crippen MR) is 143 cm³/mol. The molecule has 4 aromatic heterocycles. The molecule has 5 heterocycles. The molecule has 0 unspecified atom stereocenters. The minimum Gasteiger partial charge on any atom is -0.342 e. The number of aryl methyl sites for hydroxylation is 1. The van der Waals surface area contributed by atoms with Crippen molar-refractivity contribution in [2.75, 3.05) is 32.1 Å². The normalized spacial score (nSPS) is 14.7. The van der Waals surface area contributed by atoms with E-state index in [0.29, 0.717) is 11.7 Å². The second-order valence-electron chi connectivity index (χ2n) is 9.66. The number of pyridine rings is 1. The highest BCUT2D eigenvalue weighted by molar-refractivity contribution is 5.94. The first-order valence-corrected chi connectivity index (χ1v) is 12.2. The molecule has 8 nitrogen and oxygen atoms in total. The van der Waals surface area contributed by atoms with Gasteiger partial charge in [0.15, 0.2) is 5.69 Å². The molecule has 0 saturated carbocycles. The summed E-state index contributed by atoms with van der Waals surface area (Å²) in [6, 6.07) is 12.5. The Morgan fingerprint density at radius 1 is 0.972 bits per heavy atom. The van der Waals surface area contributed by atoms with E-state index in [0.717, 1.165) is 70.9 Å². The molecule has 0 atom stereocenters.